The molecule has 1 fully saturated rings. The molecule has 4 rings (SSSR count). The Bertz CT molecular complexity index is 1160. The molecule has 0 bridgehead atoms. The molecule has 4 heteroatoms. The number of benzene rings is 3. The molecule has 0 unspecified atom stereocenters. The van der Waals surface area contributed by atoms with Crippen LogP contribution in [0.15, 0.2) is 95.6 Å². The second-order valence-electron chi connectivity index (χ2n) is 10.2. The fourth-order valence-electron chi connectivity index (χ4n) is 4.89. The van der Waals surface area contributed by atoms with Crippen molar-refractivity contribution in [3.05, 3.63) is 102 Å². The fourth-order valence-corrected chi connectivity index (χ4v) is 8.32. The summed E-state index contributed by atoms with van der Waals surface area (Å²) in [6, 6.07) is 28.5. The Hall–Kier alpha value is -2.06. The molecule has 1 aliphatic rings. The van der Waals surface area contributed by atoms with Crippen molar-refractivity contribution in [3.8, 4) is 0 Å². The number of rotatable bonds is 8. The van der Waals surface area contributed by atoms with Crippen LogP contribution in [0.4, 0.5) is 0 Å². The van der Waals surface area contributed by atoms with Gasteiger partial charge in [0.15, 0.2) is 0 Å². The summed E-state index contributed by atoms with van der Waals surface area (Å²) in [7, 11) is -3.29. The van der Waals surface area contributed by atoms with Gasteiger partial charge in [0.25, 0.3) is 7.37 Å². The Morgan fingerprint density at radius 1 is 0.943 bits per heavy atom. The van der Waals surface area contributed by atoms with Crippen molar-refractivity contribution in [2.24, 2.45) is 17.8 Å². The summed E-state index contributed by atoms with van der Waals surface area (Å²) in [6.45, 7) is 8.92. The summed E-state index contributed by atoms with van der Waals surface area (Å²) >= 11 is 1.65. The summed E-state index contributed by atoms with van der Waals surface area (Å²) in [5.74, 6) is 3.43. The van der Waals surface area contributed by atoms with Gasteiger partial charge in [0.1, 0.15) is 0 Å². The topological polar surface area (TPSA) is 26.3 Å². The van der Waals surface area contributed by atoms with E-state index >= 15 is 0 Å². The molecule has 2 nitrogen and oxygen atoms in total. The highest BCUT2D eigenvalue weighted by Gasteiger charge is 2.37. The van der Waals surface area contributed by atoms with Crippen LogP contribution < -0.4 is 5.30 Å². The van der Waals surface area contributed by atoms with Crippen molar-refractivity contribution in [3.63, 3.8) is 0 Å². The highest BCUT2D eigenvalue weighted by atomic mass is 32.2. The van der Waals surface area contributed by atoms with Gasteiger partial charge in [0.05, 0.1) is 6.10 Å². The highest BCUT2D eigenvalue weighted by Crippen LogP contribution is 2.55. The Labute approximate surface area is 215 Å². The van der Waals surface area contributed by atoms with Gasteiger partial charge in [0.2, 0.25) is 0 Å². The zero-order valence-corrected chi connectivity index (χ0v) is 23.0. The maximum absolute atomic E-state index is 14.9. The molecule has 0 aromatic heterocycles. The van der Waals surface area contributed by atoms with Gasteiger partial charge in [-0.1, -0.05) is 105 Å². The van der Waals surface area contributed by atoms with Crippen molar-refractivity contribution in [1.82, 2.24) is 0 Å². The largest absolute Gasteiger partial charge is 0.319 e. The predicted octanol–water partition coefficient (Wildman–Crippen LogP) is 9.17. The highest BCUT2D eigenvalue weighted by molar-refractivity contribution is 8.08. The molecule has 1 saturated carbocycles. The maximum atomic E-state index is 14.9. The van der Waals surface area contributed by atoms with E-state index in [1.54, 1.807) is 11.8 Å². The van der Waals surface area contributed by atoms with Crippen molar-refractivity contribution in [2.75, 3.05) is 0 Å². The van der Waals surface area contributed by atoms with Gasteiger partial charge >= 0.3 is 0 Å². The van der Waals surface area contributed by atoms with Crippen LogP contribution in [0.2, 0.25) is 0 Å². The molecule has 4 atom stereocenters. The van der Waals surface area contributed by atoms with Crippen LogP contribution in [0.25, 0.3) is 4.91 Å². The third-order valence-corrected chi connectivity index (χ3v) is 10.4. The summed E-state index contributed by atoms with van der Waals surface area (Å²) in [4.78, 5) is 2.09. The Morgan fingerprint density at radius 3 is 2.20 bits per heavy atom. The van der Waals surface area contributed by atoms with Crippen LogP contribution in [0.3, 0.4) is 0 Å². The fraction of sp³-hybridized carbons (Fsp3) is 0.355. The third-order valence-electron chi connectivity index (χ3n) is 6.96. The Balaban J connectivity index is 1.79. The maximum Gasteiger partial charge on any atom is 0.255 e. The van der Waals surface area contributed by atoms with Crippen LogP contribution in [0.1, 0.15) is 51.2 Å². The number of thioether (sulfide) groups is 1. The van der Waals surface area contributed by atoms with Crippen LogP contribution >= 0.6 is 19.1 Å². The molecule has 0 heterocycles. The van der Waals surface area contributed by atoms with E-state index in [2.05, 4.69) is 64.1 Å². The van der Waals surface area contributed by atoms with E-state index < -0.39 is 7.37 Å². The van der Waals surface area contributed by atoms with Crippen LogP contribution in [0, 0.1) is 24.7 Å². The second kappa shape index (κ2) is 11.8. The van der Waals surface area contributed by atoms with Crippen LogP contribution in [-0.4, -0.2) is 6.10 Å². The molecule has 0 spiro atoms. The quantitative estimate of drug-likeness (QED) is 0.226. The van der Waals surface area contributed by atoms with Gasteiger partial charge in [-0.05, 0) is 67.3 Å². The minimum absolute atomic E-state index is 0.0116. The molecular formula is C31H37O2PS. The number of hydrogen-bond donors (Lipinski definition) is 0. The molecule has 0 aliphatic heterocycles. The molecule has 3 aromatic rings. The zero-order chi connectivity index (χ0) is 24.8. The number of hydrogen-bond acceptors (Lipinski definition) is 3. The van der Waals surface area contributed by atoms with E-state index in [0.29, 0.717) is 17.8 Å². The lowest BCUT2D eigenvalue weighted by Crippen LogP contribution is -2.34. The van der Waals surface area contributed by atoms with Gasteiger partial charge in [-0.15, -0.1) is 0 Å². The normalized spacial score (nSPS) is 22.7. The van der Waals surface area contributed by atoms with Crippen LogP contribution in [-0.2, 0) is 9.09 Å². The zero-order valence-electron chi connectivity index (χ0n) is 21.3. The molecule has 0 amide bonds. The first-order valence-electron chi connectivity index (χ1n) is 12.7. The van der Waals surface area contributed by atoms with E-state index in [4.69, 9.17) is 4.52 Å². The van der Waals surface area contributed by atoms with E-state index in [1.165, 1.54) is 12.0 Å². The molecule has 1 aliphatic carbocycles. The molecule has 0 saturated heterocycles. The van der Waals surface area contributed by atoms with Crippen molar-refractivity contribution < 1.29 is 9.09 Å². The lowest BCUT2D eigenvalue weighted by molar-refractivity contribution is 0.0512. The van der Waals surface area contributed by atoms with E-state index in [-0.39, 0.29) is 6.10 Å². The molecule has 3 aromatic carbocycles. The summed E-state index contributed by atoms with van der Waals surface area (Å²) in [6.07, 6.45) is 3.29. The Kier molecular flexibility index (Phi) is 8.76. The first kappa shape index (κ1) is 26.0. The minimum Gasteiger partial charge on any atom is -0.319 e. The SMILES string of the molecule is Cc1ccc(S/C(=C\[P@](=O)(O[C@@H]2C[C@H](C)CC[C@H]2C(C)C)c2ccccc2)c2ccccc2)cc1. The second-order valence-corrected chi connectivity index (χ2v) is 13.5. The summed E-state index contributed by atoms with van der Waals surface area (Å²) in [5.41, 5.74) is 2.28. The van der Waals surface area contributed by atoms with E-state index in [1.807, 2.05) is 54.3 Å². The first-order valence-corrected chi connectivity index (χ1v) is 15.2. The van der Waals surface area contributed by atoms with Crippen LogP contribution in [0.5, 0.6) is 0 Å². The van der Waals surface area contributed by atoms with Crippen molar-refractivity contribution >= 4 is 29.3 Å². The molecule has 0 N–H and O–H groups in total. The number of aryl methyl sites for hydroxylation is 1. The summed E-state index contributed by atoms with van der Waals surface area (Å²) < 4.78 is 21.7. The van der Waals surface area contributed by atoms with Gasteiger partial charge in [-0.25, -0.2) is 0 Å². The first-order chi connectivity index (χ1) is 16.8. The third kappa shape index (κ3) is 6.79. The van der Waals surface area contributed by atoms with Crippen molar-refractivity contribution in [1.29, 1.82) is 0 Å². The summed E-state index contributed by atoms with van der Waals surface area (Å²) in [5, 5.41) is 0.763. The average Bonchev–Trinajstić information content (AvgIpc) is 2.86. The lowest BCUT2D eigenvalue weighted by Gasteiger charge is -2.38. The lowest BCUT2D eigenvalue weighted by atomic mass is 9.75. The van der Waals surface area contributed by atoms with Gasteiger partial charge in [0, 0.05) is 20.9 Å². The Morgan fingerprint density at radius 2 is 1.57 bits per heavy atom. The van der Waals surface area contributed by atoms with Gasteiger partial charge < -0.3 is 4.52 Å². The smallest absolute Gasteiger partial charge is 0.255 e. The van der Waals surface area contributed by atoms with E-state index in [0.717, 1.165) is 33.5 Å². The molecule has 35 heavy (non-hydrogen) atoms. The average molecular weight is 505 g/mol. The van der Waals surface area contributed by atoms with Gasteiger partial charge in [-0.3, -0.25) is 4.57 Å². The monoisotopic (exact) mass is 504 g/mol. The molecule has 184 valence electrons. The standard InChI is InChI=1S/C31H37O2PS/c1-23(2)29-20-17-25(4)21-30(29)33-34(32,27-13-9-6-10-14-27)22-31(26-11-7-5-8-12-26)35-28-18-15-24(3)16-19-28/h5-16,18-19,22-23,25,29-30H,17,20-21H2,1-4H3/b31-22-/t25-,29+,30-,34+/m1/s1. The molecular weight excluding hydrogens is 467 g/mol. The minimum atomic E-state index is -3.29. The predicted molar refractivity (Wildman–Crippen MR) is 151 cm³/mol. The molecule has 0 radical (unpaired) electrons. The van der Waals surface area contributed by atoms with E-state index in [9.17, 15) is 4.57 Å². The van der Waals surface area contributed by atoms with Crippen molar-refractivity contribution in [2.45, 2.75) is 58.0 Å². The van der Waals surface area contributed by atoms with Gasteiger partial charge in [-0.2, -0.15) is 0 Å².